The minimum absolute atomic E-state index is 0.314. The van der Waals surface area contributed by atoms with Crippen molar-refractivity contribution in [2.75, 3.05) is 7.11 Å². The third-order valence-corrected chi connectivity index (χ3v) is 4.60. The van der Waals surface area contributed by atoms with Gasteiger partial charge in [0, 0.05) is 6.08 Å². The summed E-state index contributed by atoms with van der Waals surface area (Å²) in [6.45, 7) is 0.314. The number of hydrogen-bond acceptors (Lipinski definition) is 3. The number of hydrogen-bond donors (Lipinski definition) is 0. The zero-order valence-electron chi connectivity index (χ0n) is 13.7. The molecule has 0 radical (unpaired) electrons. The van der Waals surface area contributed by atoms with Gasteiger partial charge in [0.2, 0.25) is 0 Å². The fraction of sp³-hybridized carbons (Fsp3) is 0.100. The van der Waals surface area contributed by atoms with E-state index >= 15 is 0 Å². The summed E-state index contributed by atoms with van der Waals surface area (Å²) in [5.74, 6) is 2.98. The van der Waals surface area contributed by atoms with Gasteiger partial charge in [-0.3, -0.25) is 4.79 Å². The summed E-state index contributed by atoms with van der Waals surface area (Å²) < 4.78 is 8.21. The van der Waals surface area contributed by atoms with Crippen molar-refractivity contribution in [3.8, 4) is 18.1 Å². The van der Waals surface area contributed by atoms with E-state index in [1.54, 1.807) is 13.2 Å². The lowest BCUT2D eigenvalue weighted by Gasteiger charge is -2.05. The third kappa shape index (κ3) is 3.70. The maximum atomic E-state index is 12.2. The molecule has 1 aromatic heterocycles. The van der Waals surface area contributed by atoms with Crippen molar-refractivity contribution >= 4 is 33.5 Å². The lowest BCUT2D eigenvalue weighted by Crippen LogP contribution is -2.16. The van der Waals surface area contributed by atoms with Crippen LogP contribution >= 0.6 is 11.3 Å². The fourth-order valence-electron chi connectivity index (χ4n) is 2.45. The molecule has 0 N–H and O–H groups in total. The number of methoxy groups -OCH3 is 1. The van der Waals surface area contributed by atoms with Crippen LogP contribution in [0.25, 0.3) is 16.3 Å². The first-order valence-corrected chi connectivity index (χ1v) is 8.46. The van der Waals surface area contributed by atoms with Gasteiger partial charge in [-0.2, -0.15) is 4.99 Å². The standard InChI is InChI=1S/C20H16N2O2S/c1-3-14-22-19-16(24-2)10-7-11-17(19)25-20(22)21-18(23)13-12-15-8-5-4-6-9-15/h1,4-13H,14H2,2H3. The van der Waals surface area contributed by atoms with E-state index < -0.39 is 0 Å². The summed E-state index contributed by atoms with van der Waals surface area (Å²) in [7, 11) is 1.61. The van der Waals surface area contributed by atoms with Crippen LogP contribution in [0.2, 0.25) is 0 Å². The Morgan fingerprint density at radius 3 is 2.80 bits per heavy atom. The normalized spacial score (nSPS) is 11.8. The highest BCUT2D eigenvalue weighted by Gasteiger charge is 2.11. The van der Waals surface area contributed by atoms with Crippen molar-refractivity contribution in [3.05, 3.63) is 65.0 Å². The molecule has 0 bridgehead atoms. The molecule has 3 aromatic rings. The predicted octanol–water partition coefficient (Wildman–Crippen LogP) is 3.49. The average molecular weight is 348 g/mol. The van der Waals surface area contributed by atoms with E-state index in [1.165, 1.54) is 17.4 Å². The summed E-state index contributed by atoms with van der Waals surface area (Å²) >= 11 is 1.41. The van der Waals surface area contributed by atoms with E-state index in [0.717, 1.165) is 15.8 Å². The van der Waals surface area contributed by atoms with Gasteiger partial charge in [0.1, 0.15) is 11.3 Å². The summed E-state index contributed by atoms with van der Waals surface area (Å²) in [6, 6.07) is 15.3. The Kier molecular flexibility index (Phi) is 5.12. The number of ether oxygens (including phenoxy) is 1. The molecule has 25 heavy (non-hydrogen) atoms. The Morgan fingerprint density at radius 1 is 1.28 bits per heavy atom. The van der Waals surface area contributed by atoms with Crippen LogP contribution in [0.3, 0.4) is 0 Å². The van der Waals surface area contributed by atoms with E-state index in [2.05, 4.69) is 10.9 Å². The maximum Gasteiger partial charge on any atom is 0.272 e. The molecule has 0 atom stereocenters. The van der Waals surface area contributed by atoms with Crippen molar-refractivity contribution in [2.45, 2.75) is 6.54 Å². The number of terminal acetylenes is 1. The molecule has 3 rings (SSSR count). The lowest BCUT2D eigenvalue weighted by atomic mass is 10.2. The average Bonchev–Trinajstić information content (AvgIpc) is 2.98. The fourth-order valence-corrected chi connectivity index (χ4v) is 3.50. The van der Waals surface area contributed by atoms with Gasteiger partial charge in [0.05, 0.1) is 18.4 Å². The molecule has 0 aliphatic heterocycles. The minimum atomic E-state index is -0.333. The first-order valence-electron chi connectivity index (χ1n) is 7.64. The molecule has 0 aliphatic carbocycles. The van der Waals surface area contributed by atoms with Gasteiger partial charge in [0.15, 0.2) is 4.80 Å². The number of rotatable bonds is 4. The zero-order chi connectivity index (χ0) is 17.6. The topological polar surface area (TPSA) is 43.6 Å². The molecular weight excluding hydrogens is 332 g/mol. The first-order chi connectivity index (χ1) is 12.2. The summed E-state index contributed by atoms with van der Waals surface area (Å²) in [6.07, 6.45) is 8.69. The van der Waals surface area contributed by atoms with E-state index in [4.69, 9.17) is 11.2 Å². The highest BCUT2D eigenvalue weighted by molar-refractivity contribution is 7.16. The second-order valence-electron chi connectivity index (χ2n) is 5.18. The van der Waals surface area contributed by atoms with Gasteiger partial charge in [-0.15, -0.1) is 6.42 Å². The Bertz CT molecular complexity index is 1040. The monoisotopic (exact) mass is 348 g/mol. The molecule has 1 heterocycles. The SMILES string of the molecule is C#CCn1c(=NC(=O)C=Cc2ccccc2)sc2cccc(OC)c21. The summed E-state index contributed by atoms with van der Waals surface area (Å²) in [4.78, 5) is 17.0. The number of para-hydroxylation sites is 1. The molecule has 5 heteroatoms. The molecule has 124 valence electrons. The van der Waals surface area contributed by atoms with Crippen LogP contribution in [0.4, 0.5) is 0 Å². The van der Waals surface area contributed by atoms with Crippen LogP contribution in [0, 0.1) is 12.3 Å². The second-order valence-corrected chi connectivity index (χ2v) is 6.19. The Balaban J connectivity index is 2.04. The number of thiazole rings is 1. The van der Waals surface area contributed by atoms with Crippen molar-refractivity contribution in [3.63, 3.8) is 0 Å². The number of fused-ring (bicyclic) bond motifs is 1. The maximum absolute atomic E-state index is 12.2. The molecule has 0 fully saturated rings. The van der Waals surface area contributed by atoms with E-state index in [9.17, 15) is 4.79 Å². The molecule has 0 aliphatic rings. The molecule has 0 unspecified atom stereocenters. The van der Waals surface area contributed by atoms with Crippen LogP contribution in [-0.4, -0.2) is 17.6 Å². The smallest absolute Gasteiger partial charge is 0.272 e. The van der Waals surface area contributed by atoms with Crippen LogP contribution in [0.1, 0.15) is 5.56 Å². The Morgan fingerprint density at radius 2 is 2.08 bits per heavy atom. The van der Waals surface area contributed by atoms with E-state index in [-0.39, 0.29) is 5.91 Å². The molecule has 1 amide bonds. The van der Waals surface area contributed by atoms with Gasteiger partial charge in [-0.25, -0.2) is 0 Å². The van der Waals surface area contributed by atoms with Crippen LogP contribution in [0.5, 0.6) is 5.75 Å². The number of amides is 1. The second kappa shape index (κ2) is 7.65. The van der Waals surface area contributed by atoms with Crippen LogP contribution in [-0.2, 0) is 11.3 Å². The van der Waals surface area contributed by atoms with E-state index in [1.807, 2.05) is 53.1 Å². The molecule has 0 saturated heterocycles. The van der Waals surface area contributed by atoms with Crippen LogP contribution in [0.15, 0.2) is 59.6 Å². The molecule has 0 saturated carbocycles. The van der Waals surface area contributed by atoms with Crippen molar-refractivity contribution in [2.24, 2.45) is 4.99 Å². The number of carbonyl (C=O) groups excluding carboxylic acids is 1. The van der Waals surface area contributed by atoms with Gasteiger partial charge >= 0.3 is 0 Å². The lowest BCUT2D eigenvalue weighted by molar-refractivity contribution is -0.113. The van der Waals surface area contributed by atoms with Crippen molar-refractivity contribution < 1.29 is 9.53 Å². The van der Waals surface area contributed by atoms with Crippen molar-refractivity contribution in [1.29, 1.82) is 0 Å². The third-order valence-electron chi connectivity index (χ3n) is 3.56. The van der Waals surface area contributed by atoms with Crippen molar-refractivity contribution in [1.82, 2.24) is 4.57 Å². The number of nitrogens with zero attached hydrogens (tertiary/aromatic N) is 2. The molecule has 2 aromatic carbocycles. The minimum Gasteiger partial charge on any atom is -0.495 e. The summed E-state index contributed by atoms with van der Waals surface area (Å²) in [5.41, 5.74) is 1.80. The number of benzene rings is 2. The Hall–Kier alpha value is -3.10. The van der Waals surface area contributed by atoms with Gasteiger partial charge in [-0.1, -0.05) is 53.7 Å². The van der Waals surface area contributed by atoms with E-state index in [0.29, 0.717) is 17.1 Å². The van der Waals surface area contributed by atoms with Gasteiger partial charge in [0.25, 0.3) is 5.91 Å². The van der Waals surface area contributed by atoms with Crippen LogP contribution < -0.4 is 9.54 Å². The molecule has 4 nitrogen and oxygen atoms in total. The molecule has 0 spiro atoms. The van der Waals surface area contributed by atoms with Gasteiger partial charge in [-0.05, 0) is 23.8 Å². The quantitative estimate of drug-likeness (QED) is 0.535. The predicted molar refractivity (Wildman–Crippen MR) is 101 cm³/mol. The summed E-state index contributed by atoms with van der Waals surface area (Å²) in [5, 5.41) is 0. The zero-order valence-corrected chi connectivity index (χ0v) is 14.5. The molecular formula is C20H16N2O2S. The Labute approximate surface area is 149 Å². The van der Waals surface area contributed by atoms with Gasteiger partial charge < -0.3 is 9.30 Å². The first kappa shape index (κ1) is 16.7. The highest BCUT2D eigenvalue weighted by Crippen LogP contribution is 2.27. The largest absolute Gasteiger partial charge is 0.495 e. The number of aromatic nitrogens is 1. The number of carbonyl (C=O) groups is 1. The highest BCUT2D eigenvalue weighted by atomic mass is 32.1.